The van der Waals surface area contributed by atoms with Gasteiger partial charge in [-0.1, -0.05) is 13.8 Å². The van der Waals surface area contributed by atoms with E-state index in [0.717, 1.165) is 15.1 Å². The molecule has 2 heterocycles. The van der Waals surface area contributed by atoms with Gasteiger partial charge in [-0.15, -0.1) is 11.3 Å². The molecule has 0 spiro atoms. The molecule has 0 radical (unpaired) electrons. The molecule has 2 aromatic rings. The maximum absolute atomic E-state index is 12.2. The molecule has 0 aliphatic carbocycles. The molecule has 5 heteroatoms. The van der Waals surface area contributed by atoms with Crippen molar-refractivity contribution in [3.05, 3.63) is 26.1 Å². The molecule has 1 N–H and O–H groups in total. The van der Waals surface area contributed by atoms with Gasteiger partial charge in [-0.2, -0.15) is 0 Å². The number of hydrogen-bond acceptors (Lipinski definition) is 3. The molecule has 0 saturated carbocycles. The summed E-state index contributed by atoms with van der Waals surface area (Å²) >= 11 is 6.78. The second kappa shape index (κ2) is 4.14. The highest BCUT2D eigenvalue weighted by atomic mass is 32.1. The minimum Gasteiger partial charge on any atom is -0.323 e. The average molecular weight is 254 g/mol. The molecule has 16 heavy (non-hydrogen) atoms. The normalized spacial score (nSPS) is 11.5. The van der Waals surface area contributed by atoms with E-state index in [4.69, 9.17) is 12.2 Å². The molecular formula is C11H14N2OS2. The third kappa shape index (κ3) is 1.97. The summed E-state index contributed by atoms with van der Waals surface area (Å²) < 4.78 is 2.17. The number of aryl methyl sites for hydroxylation is 1. The van der Waals surface area contributed by atoms with E-state index in [2.05, 4.69) is 18.8 Å². The molecular weight excluding hydrogens is 240 g/mol. The number of nitrogens with one attached hydrogen (secondary N) is 1. The monoisotopic (exact) mass is 254 g/mol. The highest BCUT2D eigenvalue weighted by Gasteiger charge is 2.09. The van der Waals surface area contributed by atoms with Crippen LogP contribution in [0.5, 0.6) is 0 Å². The highest BCUT2D eigenvalue weighted by molar-refractivity contribution is 7.71. The predicted molar refractivity (Wildman–Crippen MR) is 70.8 cm³/mol. The topological polar surface area (TPSA) is 37.8 Å². The Morgan fingerprint density at radius 3 is 2.88 bits per heavy atom. The third-order valence-corrected chi connectivity index (χ3v) is 3.63. The molecule has 0 aromatic carbocycles. The van der Waals surface area contributed by atoms with Gasteiger partial charge in [0.05, 0.1) is 5.39 Å². The van der Waals surface area contributed by atoms with E-state index in [9.17, 15) is 4.79 Å². The second-order valence-corrected chi connectivity index (χ2v) is 5.98. The number of fused-ring (bicyclic) bond motifs is 1. The summed E-state index contributed by atoms with van der Waals surface area (Å²) in [6.07, 6.45) is 0. The first-order chi connectivity index (χ1) is 7.49. The zero-order valence-electron chi connectivity index (χ0n) is 9.53. The predicted octanol–water partition coefficient (Wildman–Crippen LogP) is 3.09. The first kappa shape index (κ1) is 11.5. The Morgan fingerprint density at radius 1 is 1.56 bits per heavy atom. The lowest BCUT2D eigenvalue weighted by atomic mass is 10.2. The van der Waals surface area contributed by atoms with E-state index in [0.29, 0.717) is 17.2 Å². The number of thiophene rings is 1. The van der Waals surface area contributed by atoms with Crippen LogP contribution in [-0.4, -0.2) is 9.55 Å². The van der Waals surface area contributed by atoms with E-state index in [1.165, 1.54) is 0 Å². The van der Waals surface area contributed by atoms with Gasteiger partial charge in [-0.3, -0.25) is 9.36 Å². The largest absolute Gasteiger partial charge is 0.323 e. The quantitative estimate of drug-likeness (QED) is 0.836. The summed E-state index contributed by atoms with van der Waals surface area (Å²) in [6, 6.07) is 1.92. The minimum atomic E-state index is 0.0248. The van der Waals surface area contributed by atoms with Crippen LogP contribution in [-0.2, 0) is 6.54 Å². The van der Waals surface area contributed by atoms with Crippen molar-refractivity contribution in [3.63, 3.8) is 0 Å². The highest BCUT2D eigenvalue weighted by Crippen LogP contribution is 2.19. The zero-order valence-corrected chi connectivity index (χ0v) is 11.2. The molecule has 0 saturated heterocycles. The first-order valence-electron chi connectivity index (χ1n) is 5.22. The summed E-state index contributed by atoms with van der Waals surface area (Å²) in [7, 11) is 0. The summed E-state index contributed by atoms with van der Waals surface area (Å²) in [5.74, 6) is 0.407. The summed E-state index contributed by atoms with van der Waals surface area (Å²) in [5, 5.41) is 0.747. The van der Waals surface area contributed by atoms with Gasteiger partial charge in [0.25, 0.3) is 5.56 Å². The Morgan fingerprint density at radius 2 is 2.25 bits per heavy atom. The molecule has 0 aliphatic rings. The van der Waals surface area contributed by atoms with Crippen molar-refractivity contribution < 1.29 is 0 Å². The lowest BCUT2D eigenvalue weighted by Gasteiger charge is -2.08. The average Bonchev–Trinajstić information content (AvgIpc) is 2.53. The van der Waals surface area contributed by atoms with Gasteiger partial charge < -0.3 is 4.98 Å². The number of rotatable bonds is 2. The van der Waals surface area contributed by atoms with Crippen molar-refractivity contribution in [2.75, 3.05) is 0 Å². The Kier molecular flexibility index (Phi) is 2.99. The molecule has 2 aromatic heterocycles. The fourth-order valence-electron chi connectivity index (χ4n) is 1.70. The lowest BCUT2D eigenvalue weighted by molar-refractivity contribution is 0.504. The third-order valence-electron chi connectivity index (χ3n) is 2.34. The first-order valence-corrected chi connectivity index (χ1v) is 6.44. The maximum Gasteiger partial charge on any atom is 0.263 e. The van der Waals surface area contributed by atoms with E-state index in [1.54, 1.807) is 15.9 Å². The maximum atomic E-state index is 12.2. The standard InChI is InChI=1S/C11H14N2OS2/c1-6(2)5-13-10(14)8-4-7(3)16-9(8)12-11(13)15/h4,6H,5H2,1-3H3,(H,12,15). The van der Waals surface area contributed by atoms with E-state index in [-0.39, 0.29) is 5.56 Å². The number of aromatic nitrogens is 2. The lowest BCUT2D eigenvalue weighted by Crippen LogP contribution is -2.23. The van der Waals surface area contributed by atoms with E-state index < -0.39 is 0 Å². The number of nitrogens with zero attached hydrogens (tertiary/aromatic N) is 1. The van der Waals surface area contributed by atoms with Gasteiger partial charge in [0.2, 0.25) is 0 Å². The molecule has 0 unspecified atom stereocenters. The van der Waals surface area contributed by atoms with Crippen LogP contribution in [0.25, 0.3) is 10.2 Å². The van der Waals surface area contributed by atoms with E-state index >= 15 is 0 Å². The van der Waals surface area contributed by atoms with Crippen molar-refractivity contribution in [1.29, 1.82) is 0 Å². The van der Waals surface area contributed by atoms with Crippen molar-refractivity contribution in [2.45, 2.75) is 27.3 Å². The Bertz CT molecular complexity index is 633. The fraction of sp³-hybridized carbons (Fsp3) is 0.455. The van der Waals surface area contributed by atoms with Crippen molar-refractivity contribution in [1.82, 2.24) is 9.55 Å². The van der Waals surface area contributed by atoms with Gasteiger partial charge in [-0.25, -0.2) is 0 Å². The molecule has 2 rings (SSSR count). The SMILES string of the molecule is Cc1cc2c(=O)n(CC(C)C)c(=S)[nH]c2s1. The van der Waals surface area contributed by atoms with Crippen molar-refractivity contribution in [2.24, 2.45) is 5.92 Å². The van der Waals surface area contributed by atoms with Gasteiger partial charge in [-0.05, 0) is 31.1 Å². The van der Waals surface area contributed by atoms with Crippen LogP contribution in [0.4, 0.5) is 0 Å². The van der Waals surface area contributed by atoms with Gasteiger partial charge >= 0.3 is 0 Å². The zero-order chi connectivity index (χ0) is 11.9. The summed E-state index contributed by atoms with van der Waals surface area (Å²) in [6.45, 7) is 6.81. The summed E-state index contributed by atoms with van der Waals surface area (Å²) in [4.78, 5) is 17.3. The van der Waals surface area contributed by atoms with Gasteiger partial charge in [0.15, 0.2) is 4.77 Å². The van der Waals surface area contributed by atoms with E-state index in [1.807, 2.05) is 13.0 Å². The Balaban J connectivity index is 2.75. The molecule has 0 aliphatic heterocycles. The smallest absolute Gasteiger partial charge is 0.263 e. The van der Waals surface area contributed by atoms with Crippen LogP contribution >= 0.6 is 23.6 Å². The van der Waals surface area contributed by atoms with Crippen LogP contribution in [0.3, 0.4) is 0 Å². The molecule has 86 valence electrons. The molecule has 0 fully saturated rings. The van der Waals surface area contributed by atoms with Crippen LogP contribution in [0.2, 0.25) is 0 Å². The van der Waals surface area contributed by atoms with Gasteiger partial charge in [0.1, 0.15) is 4.83 Å². The van der Waals surface area contributed by atoms with Crippen molar-refractivity contribution >= 4 is 33.8 Å². The number of H-pyrrole nitrogens is 1. The molecule has 0 atom stereocenters. The van der Waals surface area contributed by atoms with Crippen molar-refractivity contribution in [3.8, 4) is 0 Å². The summed E-state index contributed by atoms with van der Waals surface area (Å²) in [5.41, 5.74) is 0.0248. The van der Waals surface area contributed by atoms with Crippen LogP contribution in [0.1, 0.15) is 18.7 Å². The molecule has 0 bridgehead atoms. The Labute approximate surface area is 103 Å². The van der Waals surface area contributed by atoms with Crippen LogP contribution in [0, 0.1) is 17.6 Å². The second-order valence-electron chi connectivity index (χ2n) is 4.34. The van der Waals surface area contributed by atoms with Crippen LogP contribution < -0.4 is 5.56 Å². The van der Waals surface area contributed by atoms with Crippen LogP contribution in [0.15, 0.2) is 10.9 Å². The number of hydrogen-bond donors (Lipinski definition) is 1. The minimum absolute atomic E-state index is 0.0248. The van der Waals surface area contributed by atoms with Gasteiger partial charge in [0, 0.05) is 11.4 Å². The number of aromatic amines is 1. The molecule has 0 amide bonds. The fourth-order valence-corrected chi connectivity index (χ4v) is 2.93. The molecule has 3 nitrogen and oxygen atoms in total. The Hall–Kier alpha value is -0.940.